The van der Waals surface area contributed by atoms with E-state index in [2.05, 4.69) is 20.5 Å². The van der Waals surface area contributed by atoms with Crippen LogP contribution in [0, 0.1) is 39.0 Å². The number of sulfonamides is 1. The molecule has 6 rings (SSSR count). The number of aromatic nitrogens is 3. The van der Waals surface area contributed by atoms with Crippen LogP contribution in [0.15, 0.2) is 83.8 Å². The van der Waals surface area contributed by atoms with Crippen molar-refractivity contribution in [3.63, 3.8) is 0 Å². The summed E-state index contributed by atoms with van der Waals surface area (Å²) in [5.41, 5.74) is 8.11. The average Bonchev–Trinajstić information content (AvgIpc) is 3.69. The van der Waals surface area contributed by atoms with Gasteiger partial charge in [-0.15, -0.1) is 0 Å². The number of aromatic amines is 2. The van der Waals surface area contributed by atoms with Crippen molar-refractivity contribution in [3.05, 3.63) is 134 Å². The maximum atomic E-state index is 13.9. The highest BCUT2D eigenvalue weighted by Crippen LogP contribution is 2.35. The molecule has 0 aliphatic heterocycles. The van der Waals surface area contributed by atoms with Crippen LogP contribution >= 0.6 is 11.6 Å². The molecule has 13 heteroatoms. The Morgan fingerprint density at radius 2 is 1.68 bits per heavy atom. The summed E-state index contributed by atoms with van der Waals surface area (Å²) in [7, 11) is -4.32. The number of rotatable bonds is 12. The average molecular weight is 749 g/mol. The number of carbonyl (C=O) groups excluding carboxylic acids is 2. The van der Waals surface area contributed by atoms with Crippen molar-refractivity contribution in [2.45, 2.75) is 52.0 Å². The quantitative estimate of drug-likeness (QED) is 0.0947. The molecule has 0 unspecified atom stereocenters. The molecule has 2 amide bonds. The van der Waals surface area contributed by atoms with Gasteiger partial charge in [-0.3, -0.25) is 14.7 Å². The van der Waals surface area contributed by atoms with Crippen molar-refractivity contribution >= 4 is 44.3 Å². The maximum Gasteiger partial charge on any atom is 0.268 e. The normalized spacial score (nSPS) is 11.3. The Morgan fingerprint density at radius 3 is 2.40 bits per heavy atom. The monoisotopic (exact) mass is 748 g/mol. The van der Waals surface area contributed by atoms with Gasteiger partial charge in [0.05, 0.1) is 23.4 Å². The summed E-state index contributed by atoms with van der Waals surface area (Å²) < 4.78 is 34.0. The number of hydrogen-bond acceptors (Lipinski definition) is 7. The highest BCUT2D eigenvalue weighted by Gasteiger charge is 2.24. The summed E-state index contributed by atoms with van der Waals surface area (Å²) in [6, 6.07) is 23.5. The molecule has 0 atom stereocenters. The van der Waals surface area contributed by atoms with Gasteiger partial charge in [-0.25, -0.2) is 13.1 Å². The molecule has 0 saturated heterocycles. The van der Waals surface area contributed by atoms with Crippen LogP contribution in [0.1, 0.15) is 66.5 Å². The lowest BCUT2D eigenvalue weighted by Gasteiger charge is -2.11. The highest BCUT2D eigenvalue weighted by atomic mass is 35.5. The van der Waals surface area contributed by atoms with E-state index in [0.29, 0.717) is 35.7 Å². The molecule has 11 nitrogen and oxygen atoms in total. The van der Waals surface area contributed by atoms with Crippen molar-refractivity contribution < 1.29 is 22.7 Å². The molecule has 2 aromatic heterocycles. The number of amides is 2. The number of fused-ring (bicyclic) bond motifs is 1. The van der Waals surface area contributed by atoms with Crippen LogP contribution in [0.4, 0.5) is 0 Å². The van der Waals surface area contributed by atoms with Crippen molar-refractivity contribution in [1.29, 1.82) is 5.26 Å². The van der Waals surface area contributed by atoms with E-state index in [9.17, 15) is 23.3 Å². The number of benzene rings is 4. The number of nitrogens with zero attached hydrogens (tertiary/aromatic N) is 2. The molecule has 53 heavy (non-hydrogen) atoms. The number of H-pyrrole nitrogens is 2. The van der Waals surface area contributed by atoms with E-state index in [1.807, 2.05) is 68.8 Å². The van der Waals surface area contributed by atoms with Gasteiger partial charge >= 0.3 is 0 Å². The summed E-state index contributed by atoms with van der Waals surface area (Å²) in [6.07, 6.45) is 1.17. The minimum absolute atomic E-state index is 0.0595. The Morgan fingerprint density at radius 1 is 0.943 bits per heavy atom. The van der Waals surface area contributed by atoms with Gasteiger partial charge in [-0.1, -0.05) is 54.1 Å². The Kier molecular flexibility index (Phi) is 10.7. The molecule has 6 aromatic rings. The van der Waals surface area contributed by atoms with Crippen LogP contribution in [-0.4, -0.2) is 42.0 Å². The van der Waals surface area contributed by atoms with Gasteiger partial charge < -0.3 is 15.0 Å². The van der Waals surface area contributed by atoms with E-state index in [1.54, 1.807) is 12.1 Å². The molecular formula is C40H37ClN6O5S. The molecule has 0 fully saturated rings. The first-order valence-electron chi connectivity index (χ1n) is 16.9. The highest BCUT2D eigenvalue weighted by molar-refractivity contribution is 7.90. The zero-order chi connectivity index (χ0) is 37.9. The molecule has 0 aliphatic rings. The van der Waals surface area contributed by atoms with Crippen LogP contribution in [0.2, 0.25) is 5.02 Å². The smallest absolute Gasteiger partial charge is 0.268 e. The fourth-order valence-corrected chi connectivity index (χ4v) is 7.68. The van der Waals surface area contributed by atoms with E-state index in [1.165, 1.54) is 36.4 Å². The second-order valence-corrected chi connectivity index (χ2v) is 14.8. The van der Waals surface area contributed by atoms with Gasteiger partial charge in [0.2, 0.25) is 0 Å². The van der Waals surface area contributed by atoms with Crippen LogP contribution < -0.4 is 14.8 Å². The molecule has 0 radical (unpaired) electrons. The van der Waals surface area contributed by atoms with Gasteiger partial charge in [-0.2, -0.15) is 10.4 Å². The third-order valence-electron chi connectivity index (χ3n) is 8.98. The van der Waals surface area contributed by atoms with Gasteiger partial charge in [0.1, 0.15) is 22.4 Å². The first-order valence-corrected chi connectivity index (χ1v) is 18.7. The minimum atomic E-state index is -4.32. The molecule has 4 aromatic carbocycles. The first-order chi connectivity index (χ1) is 25.4. The number of halogens is 1. The van der Waals surface area contributed by atoms with E-state index in [-0.39, 0.29) is 28.5 Å². The Balaban J connectivity index is 1.23. The minimum Gasteiger partial charge on any atom is -0.494 e. The van der Waals surface area contributed by atoms with Gasteiger partial charge in [-0.05, 0) is 99.2 Å². The summed E-state index contributed by atoms with van der Waals surface area (Å²) in [5.74, 6) is -0.486. The zero-order valence-corrected chi connectivity index (χ0v) is 31.1. The van der Waals surface area contributed by atoms with E-state index < -0.39 is 15.9 Å². The maximum absolute atomic E-state index is 13.9. The lowest BCUT2D eigenvalue weighted by Crippen LogP contribution is -2.31. The van der Waals surface area contributed by atoms with Crippen LogP contribution in [0.5, 0.6) is 5.75 Å². The van der Waals surface area contributed by atoms with Gasteiger partial charge in [0, 0.05) is 39.3 Å². The lowest BCUT2D eigenvalue weighted by molar-refractivity contribution is 0.0944. The Bertz CT molecular complexity index is 2490. The fraction of sp³-hybridized carbons (Fsp3) is 0.200. The SMILES string of the molecule is Cc1cc(OCCCc2c(C(=O)NCc3cccc(C(=O)NS(=O)(=O)c4ccccc4C#N)c3)[nH]c3c(-c4c(C)n[nH]c4C)cccc23)cc(C)c1Cl. The number of ether oxygens (including phenoxy) is 1. The van der Waals surface area contributed by atoms with Crippen LogP contribution in [-0.2, 0) is 23.0 Å². The number of para-hydroxylation sites is 1. The molecule has 0 aliphatic carbocycles. The zero-order valence-electron chi connectivity index (χ0n) is 29.6. The third kappa shape index (κ3) is 7.82. The Labute approximate surface area is 312 Å². The largest absolute Gasteiger partial charge is 0.494 e. The second kappa shape index (κ2) is 15.4. The molecule has 0 saturated carbocycles. The van der Waals surface area contributed by atoms with Crippen LogP contribution in [0.3, 0.4) is 0 Å². The molecule has 0 spiro atoms. The fourth-order valence-electron chi connectivity index (χ4n) is 6.43. The number of hydrogen-bond donors (Lipinski definition) is 4. The van der Waals surface area contributed by atoms with E-state index in [4.69, 9.17) is 16.3 Å². The number of nitrogens with one attached hydrogen (secondary N) is 4. The van der Waals surface area contributed by atoms with Crippen molar-refractivity contribution in [2.24, 2.45) is 0 Å². The standard InChI is InChI=1S/C40H37ClN6O5S/c1-23-18-30(19-24(2)36(23)41)52-17-9-15-32-31-13-8-14-33(35-25(3)45-46-26(35)4)37(31)44-38(32)40(49)43-22-27-10-7-12-28(20-27)39(48)47-53(50,51)34-16-6-5-11-29(34)21-42/h5-8,10-14,16,18-20,44H,9,15,17,22H2,1-4H3,(H,43,49)(H,45,46)(H,47,48). The van der Waals surface area contributed by atoms with Gasteiger partial charge in [0.15, 0.2) is 0 Å². The Hall–Kier alpha value is -5.90. The third-order valence-corrected chi connectivity index (χ3v) is 11.0. The summed E-state index contributed by atoms with van der Waals surface area (Å²) in [5, 5.41) is 21.3. The number of carbonyl (C=O) groups is 2. The lowest BCUT2D eigenvalue weighted by atomic mass is 9.98. The van der Waals surface area contributed by atoms with E-state index in [0.717, 1.165) is 55.9 Å². The van der Waals surface area contributed by atoms with Crippen molar-refractivity contribution in [2.75, 3.05) is 6.61 Å². The van der Waals surface area contributed by atoms with E-state index >= 15 is 0 Å². The summed E-state index contributed by atoms with van der Waals surface area (Å²) >= 11 is 6.34. The molecule has 2 heterocycles. The molecule has 4 N–H and O–H groups in total. The molecular weight excluding hydrogens is 712 g/mol. The predicted molar refractivity (Wildman–Crippen MR) is 204 cm³/mol. The number of nitriles is 1. The van der Waals surface area contributed by atoms with Crippen molar-refractivity contribution in [3.8, 4) is 22.9 Å². The molecule has 0 bridgehead atoms. The second-order valence-electron chi connectivity index (χ2n) is 12.8. The predicted octanol–water partition coefficient (Wildman–Crippen LogP) is 7.38. The summed E-state index contributed by atoms with van der Waals surface area (Å²) in [4.78, 5) is 30.1. The summed E-state index contributed by atoms with van der Waals surface area (Å²) in [6.45, 7) is 8.24. The van der Waals surface area contributed by atoms with Crippen molar-refractivity contribution in [1.82, 2.24) is 25.2 Å². The number of aryl methyl sites for hydroxylation is 5. The topological polar surface area (TPSA) is 170 Å². The van der Waals surface area contributed by atoms with Crippen LogP contribution in [0.25, 0.3) is 22.0 Å². The first kappa shape index (κ1) is 36.9. The molecule has 270 valence electrons. The van der Waals surface area contributed by atoms with Gasteiger partial charge in [0.25, 0.3) is 21.8 Å².